The molecule has 1 heterocycles. The second-order valence-corrected chi connectivity index (χ2v) is 5.86. The monoisotopic (exact) mass is 275 g/mol. The van der Waals surface area contributed by atoms with Gasteiger partial charge < -0.3 is 9.64 Å². The summed E-state index contributed by atoms with van der Waals surface area (Å²) in [6.45, 7) is 0.671. The molecule has 1 amide bonds. The molecule has 0 bridgehead atoms. The molecule has 1 saturated heterocycles. The van der Waals surface area contributed by atoms with Crippen molar-refractivity contribution in [3.63, 3.8) is 0 Å². The third kappa shape index (κ3) is 2.17. The summed E-state index contributed by atoms with van der Waals surface area (Å²) in [6, 6.07) is 0. The van der Waals surface area contributed by atoms with Crippen LogP contribution in [0.15, 0.2) is 23.6 Å². The van der Waals surface area contributed by atoms with E-state index >= 15 is 0 Å². The lowest BCUT2D eigenvalue weighted by atomic mass is 9.81. The number of nitrogens with zero attached hydrogens (tertiary/aromatic N) is 1. The lowest BCUT2D eigenvalue weighted by molar-refractivity contribution is -0.131. The molecule has 1 unspecified atom stereocenters. The van der Waals surface area contributed by atoms with Gasteiger partial charge in [-0.05, 0) is 37.3 Å². The van der Waals surface area contributed by atoms with E-state index in [-0.39, 0.29) is 17.6 Å². The van der Waals surface area contributed by atoms with Gasteiger partial charge in [-0.15, -0.1) is 0 Å². The maximum absolute atomic E-state index is 12.8. The van der Waals surface area contributed by atoms with E-state index in [4.69, 9.17) is 4.74 Å². The Labute approximate surface area is 119 Å². The number of Topliss-reactive ketones (excluding diaryl/α,β-unsaturated/α-hetero) is 1. The summed E-state index contributed by atoms with van der Waals surface area (Å²) in [4.78, 5) is 26.4. The van der Waals surface area contributed by atoms with Crippen molar-refractivity contribution >= 4 is 11.7 Å². The first kappa shape index (κ1) is 13.4. The Morgan fingerprint density at radius 3 is 2.50 bits per heavy atom. The molecule has 3 rings (SSSR count). The first-order valence-electron chi connectivity index (χ1n) is 7.53. The maximum atomic E-state index is 12.8. The lowest BCUT2D eigenvalue weighted by Crippen LogP contribution is -2.37. The Morgan fingerprint density at radius 2 is 1.90 bits per heavy atom. The van der Waals surface area contributed by atoms with E-state index in [0.29, 0.717) is 24.6 Å². The van der Waals surface area contributed by atoms with Crippen LogP contribution in [0.4, 0.5) is 0 Å². The van der Waals surface area contributed by atoms with Gasteiger partial charge in [-0.2, -0.15) is 0 Å². The number of carbonyl (C=O) groups is 2. The second-order valence-electron chi connectivity index (χ2n) is 5.86. The number of allylic oxidation sites excluding steroid dienone is 4. The Hall–Kier alpha value is -1.58. The smallest absolute Gasteiger partial charge is 0.227 e. The third-order valence-corrected chi connectivity index (χ3v) is 4.72. The number of hydrogen-bond donors (Lipinski definition) is 0. The van der Waals surface area contributed by atoms with Crippen molar-refractivity contribution in [1.29, 1.82) is 0 Å². The van der Waals surface area contributed by atoms with Crippen LogP contribution in [0.1, 0.15) is 38.5 Å². The van der Waals surface area contributed by atoms with Crippen LogP contribution >= 0.6 is 0 Å². The minimum atomic E-state index is -0.184. The molecular formula is C16H21NO3. The highest BCUT2D eigenvalue weighted by Crippen LogP contribution is 2.39. The minimum absolute atomic E-state index is 0.0732. The first-order valence-corrected chi connectivity index (χ1v) is 7.53. The van der Waals surface area contributed by atoms with E-state index in [1.165, 1.54) is 12.8 Å². The van der Waals surface area contributed by atoms with E-state index in [9.17, 15) is 9.59 Å². The SMILES string of the molecule is COC1=CC=C(N2CCCC2=O)C(=O)C1C1CCCC1. The summed E-state index contributed by atoms with van der Waals surface area (Å²) in [6.07, 6.45) is 9.58. The van der Waals surface area contributed by atoms with Gasteiger partial charge in [0.2, 0.25) is 5.91 Å². The molecule has 1 aliphatic heterocycles. The number of rotatable bonds is 3. The molecule has 1 saturated carbocycles. The predicted molar refractivity (Wildman–Crippen MR) is 74.6 cm³/mol. The first-order chi connectivity index (χ1) is 9.72. The number of ether oxygens (including phenoxy) is 1. The highest BCUT2D eigenvalue weighted by molar-refractivity contribution is 6.03. The Kier molecular flexibility index (Phi) is 3.64. The topological polar surface area (TPSA) is 46.6 Å². The van der Waals surface area contributed by atoms with Crippen molar-refractivity contribution in [2.45, 2.75) is 38.5 Å². The molecule has 4 nitrogen and oxygen atoms in total. The molecule has 108 valence electrons. The van der Waals surface area contributed by atoms with Gasteiger partial charge in [-0.1, -0.05) is 12.8 Å². The maximum Gasteiger partial charge on any atom is 0.227 e. The molecule has 0 spiro atoms. The van der Waals surface area contributed by atoms with Crippen LogP contribution < -0.4 is 0 Å². The predicted octanol–water partition coefficient (Wildman–Crippen LogP) is 2.41. The van der Waals surface area contributed by atoms with Gasteiger partial charge in [0.1, 0.15) is 5.76 Å². The summed E-state index contributed by atoms with van der Waals surface area (Å²) in [5.74, 6) is 1.10. The highest BCUT2D eigenvalue weighted by Gasteiger charge is 2.40. The average Bonchev–Trinajstić information content (AvgIpc) is 3.10. The number of likely N-dealkylation sites (tertiary alicyclic amines) is 1. The molecule has 2 fully saturated rings. The molecule has 0 aromatic carbocycles. The Morgan fingerprint density at radius 1 is 1.15 bits per heavy atom. The van der Waals surface area contributed by atoms with Gasteiger partial charge in [0, 0.05) is 13.0 Å². The van der Waals surface area contributed by atoms with Crippen LogP contribution in [-0.2, 0) is 14.3 Å². The van der Waals surface area contributed by atoms with Gasteiger partial charge in [0.15, 0.2) is 5.78 Å². The van der Waals surface area contributed by atoms with Crippen molar-refractivity contribution in [1.82, 2.24) is 4.90 Å². The molecule has 0 aromatic heterocycles. The molecule has 1 atom stereocenters. The van der Waals surface area contributed by atoms with Crippen molar-refractivity contribution in [2.75, 3.05) is 13.7 Å². The van der Waals surface area contributed by atoms with Gasteiger partial charge in [0.25, 0.3) is 0 Å². The fourth-order valence-electron chi connectivity index (χ4n) is 3.69. The standard InChI is InChI=1S/C16H21NO3/c1-20-13-9-8-12(17-10-4-7-14(17)18)16(19)15(13)11-5-2-3-6-11/h8-9,11,15H,2-7,10H2,1H3. The quantitative estimate of drug-likeness (QED) is 0.794. The van der Waals surface area contributed by atoms with Crippen molar-refractivity contribution in [3.05, 3.63) is 23.6 Å². The number of ketones is 1. The fourth-order valence-corrected chi connectivity index (χ4v) is 3.69. The van der Waals surface area contributed by atoms with Crippen molar-refractivity contribution in [3.8, 4) is 0 Å². The lowest BCUT2D eigenvalue weighted by Gasteiger charge is -2.30. The summed E-state index contributed by atoms with van der Waals surface area (Å²) in [7, 11) is 1.63. The summed E-state index contributed by atoms with van der Waals surface area (Å²) >= 11 is 0. The zero-order valence-corrected chi connectivity index (χ0v) is 11.9. The molecule has 0 radical (unpaired) electrons. The fraction of sp³-hybridized carbons (Fsp3) is 0.625. The van der Waals surface area contributed by atoms with Crippen LogP contribution in [0.25, 0.3) is 0 Å². The van der Waals surface area contributed by atoms with Gasteiger partial charge in [-0.3, -0.25) is 9.59 Å². The molecule has 20 heavy (non-hydrogen) atoms. The molecule has 0 aromatic rings. The number of carbonyl (C=O) groups excluding carboxylic acids is 2. The van der Waals surface area contributed by atoms with Crippen molar-refractivity contribution in [2.24, 2.45) is 11.8 Å². The van der Waals surface area contributed by atoms with Crippen LogP contribution in [0.2, 0.25) is 0 Å². The molecular weight excluding hydrogens is 254 g/mol. The van der Waals surface area contributed by atoms with Gasteiger partial charge in [0.05, 0.1) is 18.7 Å². The largest absolute Gasteiger partial charge is 0.500 e. The van der Waals surface area contributed by atoms with Crippen LogP contribution in [0, 0.1) is 11.8 Å². The zero-order chi connectivity index (χ0) is 14.1. The van der Waals surface area contributed by atoms with E-state index in [2.05, 4.69) is 0 Å². The molecule has 4 heteroatoms. The summed E-state index contributed by atoms with van der Waals surface area (Å²) < 4.78 is 5.42. The van der Waals surface area contributed by atoms with E-state index in [0.717, 1.165) is 25.0 Å². The highest BCUT2D eigenvalue weighted by atomic mass is 16.5. The molecule has 3 aliphatic rings. The third-order valence-electron chi connectivity index (χ3n) is 4.72. The van der Waals surface area contributed by atoms with E-state index < -0.39 is 0 Å². The number of hydrogen-bond acceptors (Lipinski definition) is 3. The molecule has 2 aliphatic carbocycles. The van der Waals surface area contributed by atoms with E-state index in [1.807, 2.05) is 6.08 Å². The Balaban J connectivity index is 1.89. The van der Waals surface area contributed by atoms with Crippen molar-refractivity contribution < 1.29 is 14.3 Å². The number of amides is 1. The van der Waals surface area contributed by atoms with Gasteiger partial charge >= 0.3 is 0 Å². The van der Waals surface area contributed by atoms with Gasteiger partial charge in [-0.25, -0.2) is 0 Å². The van der Waals surface area contributed by atoms with E-state index in [1.54, 1.807) is 18.1 Å². The van der Waals surface area contributed by atoms with Crippen LogP contribution in [-0.4, -0.2) is 30.2 Å². The average molecular weight is 275 g/mol. The van der Waals surface area contributed by atoms with Crippen LogP contribution in [0.3, 0.4) is 0 Å². The zero-order valence-electron chi connectivity index (χ0n) is 11.9. The summed E-state index contributed by atoms with van der Waals surface area (Å²) in [5.41, 5.74) is 0.574. The van der Waals surface area contributed by atoms with Crippen LogP contribution in [0.5, 0.6) is 0 Å². The summed E-state index contributed by atoms with van der Waals surface area (Å²) in [5, 5.41) is 0. The number of methoxy groups -OCH3 is 1. The Bertz CT molecular complexity index is 486. The molecule has 0 N–H and O–H groups in total. The second kappa shape index (κ2) is 5.43. The minimum Gasteiger partial charge on any atom is -0.500 e. The normalized spacial score (nSPS) is 27.9.